The van der Waals surface area contributed by atoms with E-state index in [1.807, 2.05) is 31.2 Å². The minimum absolute atomic E-state index is 0.117. The third kappa shape index (κ3) is 3.64. The zero-order valence-corrected chi connectivity index (χ0v) is 14.3. The van der Waals surface area contributed by atoms with Gasteiger partial charge in [0.1, 0.15) is 4.90 Å². The quantitative estimate of drug-likeness (QED) is 0.842. The van der Waals surface area contributed by atoms with E-state index in [4.69, 9.17) is 5.73 Å². The third-order valence-corrected chi connectivity index (χ3v) is 5.54. The number of nitrogens with zero attached hydrogens (tertiary/aromatic N) is 1. The Hall–Kier alpha value is -1.37. The van der Waals surface area contributed by atoms with Gasteiger partial charge >= 0.3 is 0 Å². The van der Waals surface area contributed by atoms with Crippen LogP contribution in [0.3, 0.4) is 0 Å². The molecule has 2 N–H and O–H groups in total. The third-order valence-electron chi connectivity index (χ3n) is 3.19. The standard InChI is InChI=1S/C15H17BrN2O2S/c1-11-3-5-12(6-4-11)10-18(2)21(19,20)15-9-13(16)7-8-14(15)17/h3-9H,10,17H2,1-2H3. The van der Waals surface area contributed by atoms with Crippen molar-refractivity contribution in [3.63, 3.8) is 0 Å². The van der Waals surface area contributed by atoms with Crippen LogP contribution >= 0.6 is 15.9 Å². The van der Waals surface area contributed by atoms with E-state index in [0.717, 1.165) is 11.1 Å². The van der Waals surface area contributed by atoms with Crippen LogP contribution in [0.1, 0.15) is 11.1 Å². The van der Waals surface area contributed by atoms with Crippen LogP contribution in [0.2, 0.25) is 0 Å². The van der Waals surface area contributed by atoms with Gasteiger partial charge in [0.2, 0.25) is 10.0 Å². The first-order valence-electron chi connectivity index (χ1n) is 6.37. The van der Waals surface area contributed by atoms with E-state index >= 15 is 0 Å². The van der Waals surface area contributed by atoms with Crippen molar-refractivity contribution < 1.29 is 8.42 Å². The van der Waals surface area contributed by atoms with Crippen molar-refractivity contribution in [2.75, 3.05) is 12.8 Å². The molecule has 0 radical (unpaired) electrons. The number of anilines is 1. The fourth-order valence-corrected chi connectivity index (χ4v) is 3.74. The van der Waals surface area contributed by atoms with Crippen LogP contribution < -0.4 is 5.73 Å². The number of nitrogens with two attached hydrogens (primary N) is 1. The number of halogens is 1. The van der Waals surface area contributed by atoms with E-state index in [2.05, 4.69) is 15.9 Å². The van der Waals surface area contributed by atoms with Gasteiger partial charge in [0, 0.05) is 18.1 Å². The molecule has 4 nitrogen and oxygen atoms in total. The zero-order chi connectivity index (χ0) is 15.6. The van der Waals surface area contributed by atoms with Gasteiger partial charge in [0.05, 0.1) is 5.69 Å². The molecule has 0 amide bonds. The van der Waals surface area contributed by atoms with Crippen molar-refractivity contribution >= 4 is 31.6 Å². The minimum atomic E-state index is -3.62. The molecule has 21 heavy (non-hydrogen) atoms. The molecule has 0 heterocycles. The first kappa shape index (κ1) is 16.0. The Morgan fingerprint density at radius 3 is 2.38 bits per heavy atom. The van der Waals surface area contributed by atoms with Gasteiger partial charge in [-0.2, -0.15) is 4.31 Å². The van der Waals surface area contributed by atoms with Gasteiger partial charge in [-0.1, -0.05) is 45.8 Å². The molecule has 0 fully saturated rings. The Labute approximate surface area is 133 Å². The molecule has 0 bridgehead atoms. The first-order valence-corrected chi connectivity index (χ1v) is 8.61. The Kier molecular flexibility index (Phi) is 4.70. The van der Waals surface area contributed by atoms with Gasteiger partial charge in [0.25, 0.3) is 0 Å². The molecule has 2 rings (SSSR count). The predicted molar refractivity (Wildman–Crippen MR) is 88.4 cm³/mol. The molecule has 0 aliphatic carbocycles. The monoisotopic (exact) mass is 368 g/mol. The maximum Gasteiger partial charge on any atom is 0.245 e. The minimum Gasteiger partial charge on any atom is -0.398 e. The Morgan fingerprint density at radius 2 is 1.76 bits per heavy atom. The average molecular weight is 369 g/mol. The first-order chi connectivity index (χ1) is 9.80. The molecule has 0 atom stereocenters. The number of aryl methyl sites for hydroxylation is 1. The van der Waals surface area contributed by atoms with E-state index in [9.17, 15) is 8.42 Å². The summed E-state index contributed by atoms with van der Waals surface area (Å²) in [5, 5.41) is 0. The molecule has 0 aliphatic heterocycles. The van der Waals surface area contributed by atoms with Gasteiger partial charge in [-0.25, -0.2) is 8.42 Å². The summed E-state index contributed by atoms with van der Waals surface area (Å²) in [6, 6.07) is 12.6. The number of hydrogen-bond acceptors (Lipinski definition) is 3. The summed E-state index contributed by atoms with van der Waals surface area (Å²) in [5.74, 6) is 0. The highest BCUT2D eigenvalue weighted by atomic mass is 79.9. The Balaban J connectivity index is 2.30. The number of rotatable bonds is 4. The number of sulfonamides is 1. The Morgan fingerprint density at radius 1 is 1.14 bits per heavy atom. The fraction of sp³-hybridized carbons (Fsp3) is 0.200. The fourth-order valence-electron chi connectivity index (χ4n) is 1.94. The molecule has 0 saturated carbocycles. The molecule has 0 unspecified atom stereocenters. The van der Waals surface area contributed by atoms with Crippen LogP contribution in [0, 0.1) is 6.92 Å². The van der Waals surface area contributed by atoms with Crippen molar-refractivity contribution in [1.82, 2.24) is 4.31 Å². The summed E-state index contributed by atoms with van der Waals surface area (Å²) >= 11 is 3.27. The molecular weight excluding hydrogens is 352 g/mol. The second-order valence-corrected chi connectivity index (χ2v) is 7.86. The summed E-state index contributed by atoms with van der Waals surface area (Å²) in [4.78, 5) is 0.117. The highest BCUT2D eigenvalue weighted by molar-refractivity contribution is 9.10. The second kappa shape index (κ2) is 6.17. The van der Waals surface area contributed by atoms with E-state index in [1.54, 1.807) is 19.2 Å². The molecule has 0 aliphatic rings. The van der Waals surface area contributed by atoms with Crippen LogP contribution in [0.4, 0.5) is 5.69 Å². The van der Waals surface area contributed by atoms with Gasteiger partial charge in [-0.05, 0) is 30.7 Å². The topological polar surface area (TPSA) is 63.4 Å². The number of nitrogen functional groups attached to an aromatic ring is 1. The highest BCUT2D eigenvalue weighted by Crippen LogP contribution is 2.26. The van der Waals surface area contributed by atoms with Crippen LogP contribution in [0.5, 0.6) is 0 Å². The predicted octanol–water partition coefficient (Wildman–Crippen LogP) is 3.16. The second-order valence-electron chi connectivity index (χ2n) is 4.93. The summed E-state index contributed by atoms with van der Waals surface area (Å²) < 4.78 is 27.2. The average Bonchev–Trinajstić information content (AvgIpc) is 2.43. The molecule has 6 heteroatoms. The SMILES string of the molecule is Cc1ccc(CN(C)S(=O)(=O)c2cc(Br)ccc2N)cc1. The lowest BCUT2D eigenvalue weighted by Crippen LogP contribution is -2.27. The van der Waals surface area contributed by atoms with Crippen LogP contribution in [0.25, 0.3) is 0 Å². The Bertz CT molecular complexity index is 743. The molecule has 112 valence electrons. The van der Waals surface area contributed by atoms with E-state index in [1.165, 1.54) is 10.4 Å². The zero-order valence-electron chi connectivity index (χ0n) is 11.9. The molecule has 2 aromatic rings. The normalized spacial score (nSPS) is 11.8. The summed E-state index contributed by atoms with van der Waals surface area (Å²) in [7, 11) is -2.07. The van der Waals surface area contributed by atoms with Crippen molar-refractivity contribution in [3.8, 4) is 0 Å². The van der Waals surface area contributed by atoms with E-state index < -0.39 is 10.0 Å². The van der Waals surface area contributed by atoms with Crippen LogP contribution in [-0.2, 0) is 16.6 Å². The van der Waals surface area contributed by atoms with Crippen molar-refractivity contribution in [3.05, 3.63) is 58.1 Å². The van der Waals surface area contributed by atoms with Crippen LogP contribution in [-0.4, -0.2) is 19.8 Å². The van der Waals surface area contributed by atoms with Crippen molar-refractivity contribution in [2.45, 2.75) is 18.4 Å². The largest absolute Gasteiger partial charge is 0.398 e. The molecule has 0 aromatic heterocycles. The smallest absolute Gasteiger partial charge is 0.245 e. The maximum absolute atomic E-state index is 12.6. The van der Waals surface area contributed by atoms with Crippen molar-refractivity contribution in [2.24, 2.45) is 0 Å². The van der Waals surface area contributed by atoms with Crippen molar-refractivity contribution in [1.29, 1.82) is 0 Å². The summed E-state index contributed by atoms with van der Waals surface area (Å²) in [6.45, 7) is 2.29. The van der Waals surface area contributed by atoms with E-state index in [-0.39, 0.29) is 10.6 Å². The van der Waals surface area contributed by atoms with Crippen LogP contribution in [0.15, 0.2) is 51.8 Å². The van der Waals surface area contributed by atoms with Gasteiger partial charge < -0.3 is 5.73 Å². The lowest BCUT2D eigenvalue weighted by Gasteiger charge is -2.18. The van der Waals surface area contributed by atoms with Gasteiger partial charge in [-0.3, -0.25) is 0 Å². The van der Waals surface area contributed by atoms with E-state index in [0.29, 0.717) is 11.0 Å². The summed E-state index contributed by atoms with van der Waals surface area (Å²) in [6.07, 6.45) is 0. The lowest BCUT2D eigenvalue weighted by molar-refractivity contribution is 0.467. The van der Waals surface area contributed by atoms with Gasteiger partial charge in [-0.15, -0.1) is 0 Å². The van der Waals surface area contributed by atoms with Gasteiger partial charge in [0.15, 0.2) is 0 Å². The highest BCUT2D eigenvalue weighted by Gasteiger charge is 2.23. The molecule has 2 aromatic carbocycles. The maximum atomic E-state index is 12.6. The summed E-state index contributed by atoms with van der Waals surface area (Å²) in [5.41, 5.74) is 8.11. The molecule has 0 spiro atoms. The molecule has 0 saturated heterocycles. The lowest BCUT2D eigenvalue weighted by atomic mass is 10.1. The number of hydrogen-bond donors (Lipinski definition) is 1. The number of benzene rings is 2. The molecular formula is C15H17BrN2O2S.